The minimum Gasteiger partial charge on any atom is -0.183 e. The van der Waals surface area contributed by atoms with Crippen molar-refractivity contribution in [2.45, 2.75) is 44.6 Å². The van der Waals surface area contributed by atoms with Crippen molar-refractivity contribution in [1.82, 2.24) is 0 Å². The largest absolute Gasteiger partial charge is 1.00 e. The monoisotopic (exact) mass is 208 g/mol. The zero-order chi connectivity index (χ0) is 4.00. The molecular formula is C9H36S2+2. The topological polar surface area (TPSA) is 0 Å². The van der Waals surface area contributed by atoms with E-state index < -0.39 is 0 Å². The first-order valence-corrected chi connectivity index (χ1v) is 2.68. The van der Waals surface area contributed by atoms with Gasteiger partial charge in [0.1, 0.15) is 0 Å². The maximum atomic E-state index is 3.53. The molecule has 0 rings (SSSR count). The van der Waals surface area contributed by atoms with Gasteiger partial charge in [0, 0.05) is 7.43 Å². The van der Waals surface area contributed by atoms with E-state index in [-0.39, 0.29) is 53.4 Å². The Hall–Kier alpha value is 0.570. The van der Waals surface area contributed by atoms with Crippen molar-refractivity contribution < 1.29 is 1.43 Å². The van der Waals surface area contributed by atoms with Crippen molar-refractivity contribution in [2.75, 3.05) is 12.5 Å². The van der Waals surface area contributed by atoms with Gasteiger partial charge in [-0.2, -0.15) is 25.3 Å². The Morgan fingerprint density at radius 3 is 0.545 bits per heavy atom. The van der Waals surface area contributed by atoms with Gasteiger partial charge in [-0.25, -0.2) is 0 Å². The quantitative estimate of drug-likeness (QED) is 0.383. The van der Waals surface area contributed by atoms with Crippen LogP contribution in [0.4, 0.5) is 0 Å². The first kappa shape index (κ1) is 196. The van der Waals surface area contributed by atoms with Gasteiger partial charge < -0.3 is 0 Å². The average molecular weight is 209 g/mol. The number of thiol groups is 2. The predicted octanol–water partition coefficient (Wildman–Crippen LogP) is 5.47. The lowest BCUT2D eigenvalue weighted by Gasteiger charge is -1.11. The minimum atomic E-state index is 0. The van der Waals surface area contributed by atoms with Gasteiger partial charge in [-0.15, -0.1) is 0 Å². The molecule has 0 atom stereocenters. The van der Waals surface area contributed by atoms with E-state index in [1.54, 1.807) is 12.5 Å². The normalized spacial score (nSPS) is 1.09. The maximum Gasteiger partial charge on any atom is 1.00 e. The molecule has 82 valence electrons. The Bertz CT molecular complexity index is 12.5. The molecule has 0 aliphatic carbocycles. The first-order chi connectivity index (χ1) is 2.00. The van der Waals surface area contributed by atoms with Gasteiger partial charge in [0.05, 0.1) is 0 Å². The standard InChI is InChI=1S/2CH4S.6CH4.CH3/c2*1-2;;;;;;;/h2*2H,1H3;6*1H4;1H3/q;;;;;;;;+1/p+1. The summed E-state index contributed by atoms with van der Waals surface area (Å²) in [6.45, 7) is 0. The van der Waals surface area contributed by atoms with Crippen molar-refractivity contribution in [3.63, 3.8) is 0 Å². The highest BCUT2D eigenvalue weighted by Crippen LogP contribution is 1.31. The van der Waals surface area contributed by atoms with E-state index in [0.29, 0.717) is 0 Å². The van der Waals surface area contributed by atoms with Crippen LogP contribution in [0.5, 0.6) is 0 Å². The molecule has 0 amide bonds. The Morgan fingerprint density at radius 1 is 0.545 bits per heavy atom. The fourth-order valence-electron chi connectivity index (χ4n) is 0. The van der Waals surface area contributed by atoms with Crippen molar-refractivity contribution in [1.29, 1.82) is 0 Å². The fourth-order valence-corrected chi connectivity index (χ4v) is 0. The molecule has 0 saturated heterocycles. The van der Waals surface area contributed by atoms with E-state index in [0.717, 1.165) is 0 Å². The highest BCUT2D eigenvalue weighted by Gasteiger charge is 0.903. The van der Waals surface area contributed by atoms with Gasteiger partial charge in [-0.3, -0.25) is 0 Å². The van der Waals surface area contributed by atoms with Gasteiger partial charge in [0.2, 0.25) is 0 Å². The van der Waals surface area contributed by atoms with E-state index in [4.69, 9.17) is 0 Å². The second-order valence-corrected chi connectivity index (χ2v) is 0. The Labute approximate surface area is 91.5 Å². The van der Waals surface area contributed by atoms with Crippen LogP contribution < -0.4 is 0 Å². The molecule has 0 fully saturated rings. The summed E-state index contributed by atoms with van der Waals surface area (Å²) in [7, 11) is 0. The van der Waals surface area contributed by atoms with Crippen LogP contribution in [0.3, 0.4) is 0 Å². The third-order valence-corrected chi connectivity index (χ3v) is 0. The lowest BCUT2D eigenvalue weighted by molar-refractivity contribution is 2.50. The van der Waals surface area contributed by atoms with E-state index in [9.17, 15) is 0 Å². The molecule has 0 unspecified atom stereocenters. The third-order valence-electron chi connectivity index (χ3n) is 0. The van der Waals surface area contributed by atoms with Crippen LogP contribution >= 0.6 is 25.3 Å². The average Bonchev–Trinajstić information content (AvgIpc) is 1.50. The SMILES string of the molecule is C.C.C.C.C.C.CS.CS.[CH3+].[H+]. The second kappa shape index (κ2) is 2980. The van der Waals surface area contributed by atoms with Crippen LogP contribution in [0.2, 0.25) is 0 Å². The van der Waals surface area contributed by atoms with Crippen molar-refractivity contribution in [3.8, 4) is 0 Å². The summed E-state index contributed by atoms with van der Waals surface area (Å²) in [5.74, 6) is 0. The molecule has 2 heteroatoms. The zero-order valence-electron chi connectivity index (χ0n) is 4.89. The van der Waals surface area contributed by atoms with Crippen LogP contribution in [0.1, 0.15) is 46.0 Å². The molecule has 0 nitrogen and oxygen atoms in total. The highest BCUT2D eigenvalue weighted by atomic mass is 32.1. The molecule has 0 aliphatic rings. The molecule has 0 bridgehead atoms. The molecule has 0 aromatic rings. The van der Waals surface area contributed by atoms with Gasteiger partial charge in [0.15, 0.2) is 0 Å². The zero-order valence-corrected chi connectivity index (χ0v) is 5.68. The molecule has 0 aliphatic heterocycles. The summed E-state index contributed by atoms with van der Waals surface area (Å²) in [5, 5.41) is 0. The van der Waals surface area contributed by atoms with Gasteiger partial charge in [0.25, 0.3) is 0 Å². The summed E-state index contributed by atoms with van der Waals surface area (Å²) < 4.78 is 0. The van der Waals surface area contributed by atoms with E-state index in [1.165, 1.54) is 0 Å². The molecule has 0 N–H and O–H groups in total. The molecule has 0 saturated carbocycles. The van der Waals surface area contributed by atoms with Crippen LogP contribution in [-0.4, -0.2) is 12.5 Å². The first-order valence-electron chi connectivity index (χ1n) is 0.894. The molecule has 0 radical (unpaired) electrons. The smallest absolute Gasteiger partial charge is 0.183 e. The third kappa shape index (κ3) is 2390. The lowest BCUT2D eigenvalue weighted by Crippen LogP contribution is -0.865. The van der Waals surface area contributed by atoms with Crippen molar-refractivity contribution >= 4 is 25.3 Å². The summed E-state index contributed by atoms with van der Waals surface area (Å²) >= 11 is 7.06. The number of rotatable bonds is 0. The van der Waals surface area contributed by atoms with Crippen LogP contribution in [0.25, 0.3) is 0 Å². The van der Waals surface area contributed by atoms with Gasteiger partial charge in [-0.1, -0.05) is 44.6 Å². The minimum absolute atomic E-state index is 0. The summed E-state index contributed by atoms with van der Waals surface area (Å²) in [6, 6.07) is 0. The summed E-state index contributed by atoms with van der Waals surface area (Å²) in [6.07, 6.45) is 3.39. The van der Waals surface area contributed by atoms with Crippen LogP contribution in [0, 0.1) is 7.43 Å². The maximum absolute atomic E-state index is 3.53. The van der Waals surface area contributed by atoms with Crippen LogP contribution in [-0.2, 0) is 0 Å². The molecule has 0 heterocycles. The Balaban J connectivity index is -0.000000000500. The Morgan fingerprint density at radius 2 is 0.545 bits per heavy atom. The van der Waals surface area contributed by atoms with Crippen LogP contribution in [0.15, 0.2) is 0 Å². The number of hydrogen-bond acceptors (Lipinski definition) is 2. The van der Waals surface area contributed by atoms with Crippen molar-refractivity contribution in [3.05, 3.63) is 7.43 Å². The van der Waals surface area contributed by atoms with Crippen molar-refractivity contribution in [2.24, 2.45) is 0 Å². The second-order valence-electron chi connectivity index (χ2n) is 0. The lowest BCUT2D eigenvalue weighted by atomic mass is 12.0. The summed E-state index contributed by atoms with van der Waals surface area (Å²) in [5.41, 5.74) is 0. The molecule has 0 aromatic heterocycles. The van der Waals surface area contributed by atoms with Gasteiger partial charge in [-0.05, 0) is 12.5 Å². The summed E-state index contributed by atoms with van der Waals surface area (Å²) in [4.78, 5) is 0. The van der Waals surface area contributed by atoms with Gasteiger partial charge >= 0.3 is 1.43 Å². The van der Waals surface area contributed by atoms with E-state index >= 15 is 0 Å². The van der Waals surface area contributed by atoms with E-state index in [2.05, 4.69) is 25.3 Å². The number of hydrogen-bond donors (Lipinski definition) is 2. The van der Waals surface area contributed by atoms with E-state index in [1.807, 2.05) is 0 Å². The highest BCUT2D eigenvalue weighted by molar-refractivity contribution is 7.79. The molecule has 0 aromatic carbocycles. The molecule has 0 spiro atoms. The fraction of sp³-hybridized carbons (Fsp3) is 0.889. The molecule has 11 heavy (non-hydrogen) atoms. The molecular weight excluding hydrogens is 172 g/mol. The predicted molar refractivity (Wildman–Crippen MR) is 77.7 cm³/mol. The Kier molecular flexibility index (Phi) is 53000.